The van der Waals surface area contributed by atoms with Crippen molar-refractivity contribution in [1.29, 1.82) is 0 Å². The van der Waals surface area contributed by atoms with Crippen LogP contribution in [-0.4, -0.2) is 32.3 Å². The van der Waals surface area contributed by atoms with Crippen LogP contribution in [0, 0.1) is 10.1 Å². The summed E-state index contributed by atoms with van der Waals surface area (Å²) < 4.78 is 1.59. The molecule has 108 valence electrons. The van der Waals surface area contributed by atoms with Crippen LogP contribution in [0.2, 0.25) is 0 Å². The molecule has 1 aromatic heterocycles. The highest BCUT2D eigenvalue weighted by Crippen LogP contribution is 2.30. The van der Waals surface area contributed by atoms with Gasteiger partial charge in [0.1, 0.15) is 5.69 Å². The molecule has 0 aliphatic rings. The summed E-state index contributed by atoms with van der Waals surface area (Å²) in [5.41, 5.74) is 0.667. The average Bonchev–Trinajstić information content (AvgIpc) is 2.63. The summed E-state index contributed by atoms with van der Waals surface area (Å²) in [5.74, 6) is 0.496. The lowest BCUT2D eigenvalue weighted by Crippen LogP contribution is -2.26. The van der Waals surface area contributed by atoms with Crippen molar-refractivity contribution in [2.75, 3.05) is 18.1 Å². The quantitative estimate of drug-likeness (QED) is 0.616. The predicted octanol–water partition coefficient (Wildman–Crippen LogP) is 2.83. The van der Waals surface area contributed by atoms with E-state index < -0.39 is 0 Å². The van der Waals surface area contributed by atoms with Crippen LogP contribution in [0.15, 0.2) is 0 Å². The maximum atomic E-state index is 11.2. The summed E-state index contributed by atoms with van der Waals surface area (Å²) in [7, 11) is 1.74. The van der Waals surface area contributed by atoms with Gasteiger partial charge in [-0.05, 0) is 26.5 Å². The molecule has 0 atom stereocenters. The summed E-state index contributed by atoms with van der Waals surface area (Å²) in [6.07, 6.45) is 3.49. The van der Waals surface area contributed by atoms with Gasteiger partial charge in [-0.2, -0.15) is 16.9 Å². The predicted molar refractivity (Wildman–Crippen MR) is 79.9 cm³/mol. The van der Waals surface area contributed by atoms with Crippen molar-refractivity contribution < 1.29 is 4.92 Å². The third-order valence-corrected chi connectivity index (χ3v) is 4.24. The van der Waals surface area contributed by atoms with Crippen LogP contribution in [0.1, 0.15) is 32.9 Å². The Morgan fingerprint density at radius 3 is 2.63 bits per heavy atom. The smallest absolute Gasteiger partial charge is 0.333 e. The molecule has 0 spiro atoms. The van der Waals surface area contributed by atoms with E-state index in [1.54, 1.807) is 23.5 Å². The highest BCUT2D eigenvalue weighted by molar-refractivity contribution is 7.99. The number of hydrogen-bond acceptors (Lipinski definition) is 5. The Bertz CT molecular complexity index is 457. The second kappa shape index (κ2) is 6.27. The van der Waals surface area contributed by atoms with Crippen LogP contribution < -0.4 is 5.32 Å². The third-order valence-electron chi connectivity index (χ3n) is 3.00. The minimum absolute atomic E-state index is 0.0169. The molecule has 0 aliphatic heterocycles. The maximum Gasteiger partial charge on any atom is 0.333 e. The van der Waals surface area contributed by atoms with E-state index in [0.29, 0.717) is 24.5 Å². The molecule has 0 aliphatic carbocycles. The Hall–Kier alpha value is -1.24. The molecule has 1 heterocycles. The molecule has 0 fully saturated rings. The lowest BCUT2D eigenvalue weighted by Gasteiger charge is -2.22. The first kappa shape index (κ1) is 15.8. The Labute approximate surface area is 118 Å². The van der Waals surface area contributed by atoms with Crippen LogP contribution in [0.25, 0.3) is 0 Å². The van der Waals surface area contributed by atoms with Gasteiger partial charge < -0.3 is 5.32 Å². The lowest BCUT2D eigenvalue weighted by molar-refractivity contribution is -0.384. The van der Waals surface area contributed by atoms with Crippen LogP contribution in [-0.2, 0) is 13.5 Å². The van der Waals surface area contributed by atoms with Gasteiger partial charge in [-0.1, -0.05) is 13.3 Å². The van der Waals surface area contributed by atoms with Gasteiger partial charge in [-0.3, -0.25) is 10.1 Å². The summed E-state index contributed by atoms with van der Waals surface area (Å²) in [6, 6.07) is 0. The molecule has 0 saturated heterocycles. The minimum Gasteiger partial charge on any atom is -0.363 e. The fraction of sp³-hybridized carbons (Fsp3) is 0.750. The topological polar surface area (TPSA) is 73.0 Å². The number of rotatable bonds is 7. The summed E-state index contributed by atoms with van der Waals surface area (Å²) >= 11 is 1.72. The maximum absolute atomic E-state index is 11.2. The molecule has 0 amide bonds. The molecule has 19 heavy (non-hydrogen) atoms. The highest BCUT2D eigenvalue weighted by atomic mass is 32.2. The van der Waals surface area contributed by atoms with Crippen molar-refractivity contribution in [2.24, 2.45) is 7.05 Å². The molecule has 0 unspecified atom stereocenters. The van der Waals surface area contributed by atoms with E-state index in [0.717, 1.165) is 6.42 Å². The van der Waals surface area contributed by atoms with Crippen molar-refractivity contribution in [3.05, 3.63) is 15.8 Å². The number of aryl methyl sites for hydroxylation is 2. The fourth-order valence-electron chi connectivity index (χ4n) is 1.73. The van der Waals surface area contributed by atoms with E-state index >= 15 is 0 Å². The van der Waals surface area contributed by atoms with E-state index in [1.807, 2.05) is 13.2 Å². The molecular weight excluding hydrogens is 264 g/mol. The summed E-state index contributed by atoms with van der Waals surface area (Å²) in [6.45, 7) is 6.84. The van der Waals surface area contributed by atoms with E-state index in [1.165, 1.54) is 0 Å². The standard InChI is InChI=1S/C12H22N4O2S/c1-6-7-9-10(16(17)18)11(15(4)14-9)13-8-12(2,3)19-5/h13H,6-8H2,1-5H3. The van der Waals surface area contributed by atoms with Crippen molar-refractivity contribution in [3.63, 3.8) is 0 Å². The molecule has 0 radical (unpaired) electrons. The fourth-order valence-corrected chi connectivity index (χ4v) is 1.95. The normalized spacial score (nSPS) is 11.6. The highest BCUT2D eigenvalue weighted by Gasteiger charge is 2.27. The summed E-state index contributed by atoms with van der Waals surface area (Å²) in [5, 5.41) is 18.7. The molecule has 0 bridgehead atoms. The monoisotopic (exact) mass is 286 g/mol. The van der Waals surface area contributed by atoms with Crippen LogP contribution in [0.3, 0.4) is 0 Å². The molecule has 6 nitrogen and oxygen atoms in total. The van der Waals surface area contributed by atoms with Gasteiger partial charge in [0, 0.05) is 18.3 Å². The third kappa shape index (κ3) is 3.86. The number of anilines is 1. The second-order valence-corrected chi connectivity index (χ2v) is 6.61. The van der Waals surface area contributed by atoms with E-state index in [-0.39, 0.29) is 15.4 Å². The first-order valence-corrected chi connectivity index (χ1v) is 7.54. The average molecular weight is 286 g/mol. The zero-order valence-electron chi connectivity index (χ0n) is 12.2. The first-order valence-electron chi connectivity index (χ1n) is 6.31. The molecule has 0 aromatic carbocycles. The van der Waals surface area contributed by atoms with E-state index in [9.17, 15) is 10.1 Å². The van der Waals surface area contributed by atoms with Crippen LogP contribution in [0.5, 0.6) is 0 Å². The van der Waals surface area contributed by atoms with Crippen molar-refractivity contribution in [2.45, 2.75) is 38.4 Å². The van der Waals surface area contributed by atoms with Gasteiger partial charge in [0.25, 0.3) is 0 Å². The molecular formula is C12H22N4O2S. The number of nitrogens with one attached hydrogen (secondary N) is 1. The van der Waals surface area contributed by atoms with Gasteiger partial charge in [0.2, 0.25) is 5.82 Å². The van der Waals surface area contributed by atoms with Crippen LogP contribution in [0.4, 0.5) is 11.5 Å². The molecule has 1 N–H and O–H groups in total. The van der Waals surface area contributed by atoms with Crippen LogP contribution >= 0.6 is 11.8 Å². The van der Waals surface area contributed by atoms with Crippen molar-refractivity contribution in [3.8, 4) is 0 Å². The molecule has 1 aromatic rings. The number of aromatic nitrogens is 2. The van der Waals surface area contributed by atoms with Gasteiger partial charge in [-0.15, -0.1) is 0 Å². The van der Waals surface area contributed by atoms with Crippen molar-refractivity contribution >= 4 is 23.3 Å². The Morgan fingerprint density at radius 2 is 2.16 bits per heavy atom. The Kier molecular flexibility index (Phi) is 5.22. The first-order chi connectivity index (χ1) is 8.82. The largest absolute Gasteiger partial charge is 0.363 e. The van der Waals surface area contributed by atoms with Gasteiger partial charge in [-0.25, -0.2) is 4.68 Å². The zero-order valence-corrected chi connectivity index (χ0v) is 13.0. The number of hydrogen-bond donors (Lipinski definition) is 1. The second-order valence-electron chi connectivity index (χ2n) is 5.09. The summed E-state index contributed by atoms with van der Waals surface area (Å²) in [4.78, 5) is 10.9. The zero-order chi connectivity index (χ0) is 14.6. The Morgan fingerprint density at radius 1 is 1.53 bits per heavy atom. The minimum atomic E-state index is -0.341. The molecule has 7 heteroatoms. The molecule has 1 rings (SSSR count). The van der Waals surface area contributed by atoms with E-state index in [2.05, 4.69) is 24.3 Å². The van der Waals surface area contributed by atoms with E-state index in [4.69, 9.17) is 0 Å². The Balaban J connectivity index is 3.02. The lowest BCUT2D eigenvalue weighted by atomic mass is 10.2. The van der Waals surface area contributed by atoms with Gasteiger partial charge >= 0.3 is 5.69 Å². The molecule has 0 saturated carbocycles. The van der Waals surface area contributed by atoms with Gasteiger partial charge in [0.05, 0.1) is 4.92 Å². The number of nitro groups is 1. The number of nitrogens with zero attached hydrogens (tertiary/aromatic N) is 3. The number of thioether (sulfide) groups is 1. The SMILES string of the molecule is CCCc1nn(C)c(NCC(C)(C)SC)c1[N+](=O)[O-]. The van der Waals surface area contributed by atoms with Gasteiger partial charge in [0.15, 0.2) is 0 Å². The van der Waals surface area contributed by atoms with Crippen molar-refractivity contribution in [1.82, 2.24) is 9.78 Å².